The summed E-state index contributed by atoms with van der Waals surface area (Å²) in [5.74, 6) is 0. The third-order valence-corrected chi connectivity index (χ3v) is 4.27. The Morgan fingerprint density at radius 2 is 1.64 bits per heavy atom. The van der Waals surface area contributed by atoms with Crippen molar-refractivity contribution < 1.29 is 30.8 Å². The average molecular weight is 236 g/mol. The number of hydrogen-bond donors (Lipinski definition) is 0. The molecule has 0 aliphatic heterocycles. The SMILES string of the molecule is CO[Si](CCC(F)(F)F)(OC)OCF. The summed E-state index contributed by atoms with van der Waals surface area (Å²) in [4.78, 5) is 0. The van der Waals surface area contributed by atoms with Crippen molar-refractivity contribution in [1.82, 2.24) is 0 Å². The van der Waals surface area contributed by atoms with Gasteiger partial charge in [0.25, 0.3) is 0 Å². The standard InChI is InChI=1S/C6H12F4O3Si/c1-11-14(12-2,13-5-7)4-3-6(8,9)10/h3-5H2,1-2H3. The minimum atomic E-state index is -4.32. The number of halogens is 4. The minimum Gasteiger partial charge on any atom is -0.377 e. The van der Waals surface area contributed by atoms with Crippen LogP contribution in [0.25, 0.3) is 0 Å². The highest BCUT2D eigenvalue weighted by Crippen LogP contribution is 2.27. The number of alkyl halides is 4. The molecule has 0 unspecified atom stereocenters. The van der Waals surface area contributed by atoms with E-state index in [1.54, 1.807) is 0 Å². The average Bonchev–Trinajstić information content (AvgIpc) is 2.11. The Kier molecular flexibility index (Phi) is 5.56. The first-order valence-corrected chi connectivity index (χ1v) is 5.69. The first kappa shape index (κ1) is 13.8. The molecular weight excluding hydrogens is 224 g/mol. The fourth-order valence-corrected chi connectivity index (χ4v) is 2.57. The highest BCUT2D eigenvalue weighted by Gasteiger charge is 2.43. The Hall–Kier alpha value is -0.183. The van der Waals surface area contributed by atoms with Crippen molar-refractivity contribution in [2.24, 2.45) is 0 Å². The van der Waals surface area contributed by atoms with Gasteiger partial charge in [-0.1, -0.05) is 0 Å². The van der Waals surface area contributed by atoms with Crippen LogP contribution in [-0.2, 0) is 13.3 Å². The monoisotopic (exact) mass is 236 g/mol. The van der Waals surface area contributed by atoms with E-state index >= 15 is 0 Å². The van der Waals surface area contributed by atoms with Crippen molar-refractivity contribution in [1.29, 1.82) is 0 Å². The highest BCUT2D eigenvalue weighted by molar-refractivity contribution is 6.60. The van der Waals surface area contributed by atoms with Crippen LogP contribution in [0.3, 0.4) is 0 Å². The van der Waals surface area contributed by atoms with Gasteiger partial charge in [0.2, 0.25) is 0 Å². The summed E-state index contributed by atoms with van der Waals surface area (Å²) in [7, 11) is -1.17. The quantitative estimate of drug-likeness (QED) is 0.522. The molecule has 0 aromatic rings. The fourth-order valence-electron chi connectivity index (χ4n) is 0.855. The summed E-state index contributed by atoms with van der Waals surface area (Å²) in [6.07, 6.45) is -5.43. The Labute approximate surface area is 80.3 Å². The molecule has 0 aromatic carbocycles. The zero-order valence-corrected chi connectivity index (χ0v) is 8.86. The van der Waals surface area contributed by atoms with E-state index in [-0.39, 0.29) is 0 Å². The van der Waals surface area contributed by atoms with Crippen LogP contribution in [0.4, 0.5) is 17.6 Å². The second-order valence-electron chi connectivity index (χ2n) is 2.46. The maximum atomic E-state index is 11.9. The molecule has 0 radical (unpaired) electrons. The van der Waals surface area contributed by atoms with Crippen LogP contribution >= 0.6 is 0 Å². The van der Waals surface area contributed by atoms with Crippen LogP contribution in [-0.4, -0.2) is 36.1 Å². The van der Waals surface area contributed by atoms with Crippen molar-refractivity contribution in [2.45, 2.75) is 18.6 Å². The molecule has 0 heterocycles. The van der Waals surface area contributed by atoms with E-state index in [0.717, 1.165) is 14.2 Å². The summed E-state index contributed by atoms with van der Waals surface area (Å²) in [6, 6.07) is -0.479. The summed E-state index contributed by atoms with van der Waals surface area (Å²) < 4.78 is 61.2. The minimum absolute atomic E-state index is 0.479. The van der Waals surface area contributed by atoms with Crippen molar-refractivity contribution in [3.05, 3.63) is 0 Å². The van der Waals surface area contributed by atoms with E-state index < -0.39 is 34.3 Å². The molecule has 0 atom stereocenters. The second-order valence-corrected chi connectivity index (χ2v) is 5.43. The highest BCUT2D eigenvalue weighted by atomic mass is 28.4. The van der Waals surface area contributed by atoms with Crippen LogP contribution in [0.5, 0.6) is 0 Å². The lowest BCUT2D eigenvalue weighted by Crippen LogP contribution is -2.44. The molecule has 0 aliphatic rings. The van der Waals surface area contributed by atoms with E-state index in [9.17, 15) is 17.6 Å². The molecule has 0 spiro atoms. The largest absolute Gasteiger partial charge is 0.502 e. The van der Waals surface area contributed by atoms with Gasteiger partial charge in [-0.3, -0.25) is 0 Å². The Morgan fingerprint density at radius 3 is 1.93 bits per heavy atom. The zero-order valence-electron chi connectivity index (χ0n) is 7.86. The summed E-state index contributed by atoms with van der Waals surface area (Å²) >= 11 is 0. The number of hydrogen-bond acceptors (Lipinski definition) is 3. The van der Waals surface area contributed by atoms with E-state index in [1.807, 2.05) is 0 Å². The molecule has 0 saturated carbocycles. The lowest BCUT2D eigenvalue weighted by atomic mass is 10.5. The smallest absolute Gasteiger partial charge is 0.377 e. The molecular formula is C6H12F4O3Si. The fraction of sp³-hybridized carbons (Fsp3) is 1.00. The first-order chi connectivity index (χ1) is 6.39. The van der Waals surface area contributed by atoms with Crippen LogP contribution in [0.15, 0.2) is 0 Å². The van der Waals surface area contributed by atoms with Gasteiger partial charge in [-0.05, 0) is 0 Å². The van der Waals surface area contributed by atoms with Gasteiger partial charge in [0.15, 0.2) is 6.86 Å². The van der Waals surface area contributed by atoms with Crippen molar-refractivity contribution in [3.63, 3.8) is 0 Å². The molecule has 0 aliphatic carbocycles. The molecule has 0 aromatic heterocycles. The first-order valence-electron chi connectivity index (χ1n) is 3.76. The van der Waals surface area contributed by atoms with Gasteiger partial charge in [0.1, 0.15) is 0 Å². The molecule has 3 nitrogen and oxygen atoms in total. The van der Waals surface area contributed by atoms with E-state index in [0.29, 0.717) is 0 Å². The van der Waals surface area contributed by atoms with Crippen molar-refractivity contribution >= 4 is 8.80 Å². The maximum Gasteiger partial charge on any atom is 0.502 e. The van der Waals surface area contributed by atoms with Gasteiger partial charge < -0.3 is 13.3 Å². The summed E-state index contributed by atoms with van der Waals surface area (Å²) in [5.41, 5.74) is 0. The van der Waals surface area contributed by atoms with Crippen molar-refractivity contribution in [2.75, 3.05) is 21.1 Å². The third kappa shape index (κ3) is 4.89. The molecule has 86 valence electrons. The Morgan fingerprint density at radius 1 is 1.14 bits per heavy atom. The van der Waals surface area contributed by atoms with Crippen LogP contribution < -0.4 is 0 Å². The van der Waals surface area contributed by atoms with Gasteiger partial charge in [0.05, 0.1) is 0 Å². The van der Waals surface area contributed by atoms with Crippen molar-refractivity contribution in [3.8, 4) is 0 Å². The van der Waals surface area contributed by atoms with Crippen LogP contribution in [0.1, 0.15) is 6.42 Å². The van der Waals surface area contributed by atoms with E-state index in [1.165, 1.54) is 0 Å². The van der Waals surface area contributed by atoms with Gasteiger partial charge in [0, 0.05) is 26.7 Å². The van der Waals surface area contributed by atoms with Gasteiger partial charge in [-0.15, -0.1) is 0 Å². The van der Waals surface area contributed by atoms with Crippen LogP contribution in [0.2, 0.25) is 6.04 Å². The Bertz CT molecular complexity index is 160. The normalized spacial score (nSPS) is 13.3. The van der Waals surface area contributed by atoms with Crippen LogP contribution in [0, 0.1) is 0 Å². The predicted molar refractivity (Wildman–Crippen MR) is 42.3 cm³/mol. The number of rotatable bonds is 6. The molecule has 0 fully saturated rings. The van der Waals surface area contributed by atoms with Gasteiger partial charge >= 0.3 is 15.0 Å². The molecule has 8 heteroatoms. The molecule has 0 amide bonds. The summed E-state index contributed by atoms with van der Waals surface area (Å²) in [5, 5.41) is 0. The lowest BCUT2D eigenvalue weighted by Gasteiger charge is -2.25. The topological polar surface area (TPSA) is 27.7 Å². The molecule has 0 N–H and O–H groups in total. The molecule has 0 rings (SSSR count). The van der Waals surface area contributed by atoms with E-state index in [2.05, 4.69) is 13.3 Å². The third-order valence-electron chi connectivity index (χ3n) is 1.61. The summed E-state index contributed by atoms with van der Waals surface area (Å²) in [6.45, 7) is -1.22. The zero-order chi connectivity index (χ0) is 11.2. The van der Waals surface area contributed by atoms with E-state index in [4.69, 9.17) is 0 Å². The Balaban J connectivity index is 4.21. The van der Waals surface area contributed by atoms with Gasteiger partial charge in [-0.25, -0.2) is 4.39 Å². The molecule has 0 saturated heterocycles. The lowest BCUT2D eigenvalue weighted by molar-refractivity contribution is -0.133. The molecule has 0 bridgehead atoms. The predicted octanol–water partition coefficient (Wildman–Crippen LogP) is 2.11. The van der Waals surface area contributed by atoms with Gasteiger partial charge in [-0.2, -0.15) is 13.2 Å². The molecule has 14 heavy (non-hydrogen) atoms. The maximum absolute atomic E-state index is 11.9. The second kappa shape index (κ2) is 5.64.